The van der Waals surface area contributed by atoms with Gasteiger partial charge in [-0.1, -0.05) is 6.07 Å². The number of fused-ring (bicyclic) bond motifs is 1. The van der Waals surface area contributed by atoms with Gasteiger partial charge in [-0.25, -0.2) is 4.79 Å². The first-order chi connectivity index (χ1) is 10.4. The lowest BCUT2D eigenvalue weighted by Crippen LogP contribution is -2.07. The van der Waals surface area contributed by atoms with Crippen LogP contribution in [0.2, 0.25) is 0 Å². The highest BCUT2D eigenvalue weighted by Crippen LogP contribution is 2.36. The highest BCUT2D eigenvalue weighted by Gasteiger charge is 2.31. The monoisotopic (exact) mass is 307 g/mol. The number of aromatic hydroxyl groups is 1. The maximum atomic E-state index is 12.8. The maximum Gasteiger partial charge on any atom is 0.416 e. The van der Waals surface area contributed by atoms with E-state index in [-0.39, 0.29) is 22.2 Å². The van der Waals surface area contributed by atoms with E-state index in [2.05, 4.69) is 4.98 Å². The van der Waals surface area contributed by atoms with Gasteiger partial charge in [0.15, 0.2) is 0 Å². The van der Waals surface area contributed by atoms with Crippen LogP contribution in [-0.4, -0.2) is 10.1 Å². The van der Waals surface area contributed by atoms with Gasteiger partial charge in [0.2, 0.25) is 0 Å². The quantitative estimate of drug-likeness (QED) is 0.698. The van der Waals surface area contributed by atoms with E-state index in [9.17, 15) is 23.1 Å². The number of hydrogen-bond acceptors (Lipinski definition) is 4. The minimum Gasteiger partial charge on any atom is -0.506 e. The molecule has 0 aliphatic heterocycles. The molecule has 2 heterocycles. The van der Waals surface area contributed by atoms with Crippen molar-refractivity contribution in [3.8, 4) is 17.0 Å². The van der Waals surface area contributed by atoms with E-state index in [0.29, 0.717) is 0 Å². The normalized spacial score (nSPS) is 11.8. The van der Waals surface area contributed by atoms with Gasteiger partial charge in [-0.05, 0) is 30.3 Å². The number of halogens is 3. The summed E-state index contributed by atoms with van der Waals surface area (Å²) in [5.74, 6) is -0.587. The molecule has 0 atom stereocenters. The van der Waals surface area contributed by atoms with Crippen molar-refractivity contribution in [2.24, 2.45) is 0 Å². The topological polar surface area (TPSA) is 63.3 Å². The van der Waals surface area contributed by atoms with Gasteiger partial charge in [-0.3, -0.25) is 4.98 Å². The average Bonchev–Trinajstić information content (AvgIpc) is 2.47. The molecule has 0 aliphatic rings. The Morgan fingerprint density at radius 3 is 2.55 bits per heavy atom. The van der Waals surface area contributed by atoms with Crippen molar-refractivity contribution >= 4 is 11.0 Å². The summed E-state index contributed by atoms with van der Waals surface area (Å²) in [5.41, 5.74) is -2.10. The van der Waals surface area contributed by atoms with Gasteiger partial charge in [-0.15, -0.1) is 0 Å². The van der Waals surface area contributed by atoms with Gasteiger partial charge < -0.3 is 9.52 Å². The Balaban J connectivity index is 2.34. The van der Waals surface area contributed by atoms with Crippen molar-refractivity contribution in [2.75, 3.05) is 0 Å². The van der Waals surface area contributed by atoms with Crippen LogP contribution in [0.25, 0.3) is 22.2 Å². The van der Waals surface area contributed by atoms with Crippen molar-refractivity contribution in [3.63, 3.8) is 0 Å². The number of rotatable bonds is 1. The molecule has 1 aromatic carbocycles. The third-order valence-electron chi connectivity index (χ3n) is 3.13. The summed E-state index contributed by atoms with van der Waals surface area (Å²) in [7, 11) is 0. The Morgan fingerprint density at radius 1 is 1.14 bits per heavy atom. The van der Waals surface area contributed by atoms with E-state index >= 15 is 0 Å². The summed E-state index contributed by atoms with van der Waals surface area (Å²) < 4.78 is 43.3. The number of hydrogen-bond donors (Lipinski definition) is 1. The fourth-order valence-corrected chi connectivity index (χ4v) is 2.10. The number of benzene rings is 1. The Kier molecular flexibility index (Phi) is 3.13. The molecule has 7 heteroatoms. The third-order valence-corrected chi connectivity index (χ3v) is 3.13. The number of aromatic nitrogens is 1. The molecule has 2 aromatic heterocycles. The van der Waals surface area contributed by atoms with Gasteiger partial charge in [0.25, 0.3) is 0 Å². The molecular weight excluding hydrogens is 299 g/mol. The summed E-state index contributed by atoms with van der Waals surface area (Å²) in [6.07, 6.45) is -3.17. The van der Waals surface area contributed by atoms with Crippen LogP contribution in [0.3, 0.4) is 0 Å². The van der Waals surface area contributed by atoms with E-state index in [1.165, 1.54) is 12.3 Å². The van der Waals surface area contributed by atoms with Crippen molar-refractivity contribution < 1.29 is 22.7 Å². The second-order valence-corrected chi connectivity index (χ2v) is 4.54. The first-order valence-electron chi connectivity index (χ1n) is 6.16. The van der Waals surface area contributed by atoms with Gasteiger partial charge >= 0.3 is 11.8 Å². The largest absolute Gasteiger partial charge is 0.506 e. The first kappa shape index (κ1) is 14.1. The number of pyridine rings is 1. The maximum absolute atomic E-state index is 12.8. The highest BCUT2D eigenvalue weighted by atomic mass is 19.4. The smallest absolute Gasteiger partial charge is 0.416 e. The second kappa shape index (κ2) is 4.87. The van der Waals surface area contributed by atoms with Crippen molar-refractivity contribution in [3.05, 3.63) is 58.6 Å². The summed E-state index contributed by atoms with van der Waals surface area (Å²) in [5, 5.41) is 10.0. The van der Waals surface area contributed by atoms with E-state index in [1.807, 2.05) is 0 Å². The molecule has 0 bridgehead atoms. The van der Waals surface area contributed by atoms with Gasteiger partial charge in [0.05, 0.1) is 16.6 Å². The third kappa shape index (κ3) is 2.30. The Hall–Kier alpha value is -2.83. The predicted octanol–water partition coefficient (Wildman–Crippen LogP) is 3.58. The lowest BCUT2D eigenvalue weighted by molar-refractivity contribution is -0.137. The lowest BCUT2D eigenvalue weighted by atomic mass is 10.1. The van der Waals surface area contributed by atoms with Gasteiger partial charge in [0, 0.05) is 6.20 Å². The number of nitrogens with zero attached hydrogens (tertiary/aromatic N) is 1. The zero-order valence-electron chi connectivity index (χ0n) is 10.9. The van der Waals surface area contributed by atoms with Crippen molar-refractivity contribution in [2.45, 2.75) is 6.18 Å². The Bertz CT molecular complexity index is 902. The van der Waals surface area contributed by atoms with Crippen LogP contribution in [0.15, 0.2) is 51.8 Å². The van der Waals surface area contributed by atoms with Crippen LogP contribution in [0, 0.1) is 0 Å². The zero-order chi connectivity index (χ0) is 15.9. The Labute approximate surface area is 121 Å². The van der Waals surface area contributed by atoms with Gasteiger partial charge in [0.1, 0.15) is 16.9 Å². The molecule has 1 N–H and O–H groups in total. The first-order valence-corrected chi connectivity index (χ1v) is 6.16. The molecular formula is C15H8F3NO3. The Morgan fingerprint density at radius 2 is 1.91 bits per heavy atom. The zero-order valence-corrected chi connectivity index (χ0v) is 10.9. The predicted molar refractivity (Wildman–Crippen MR) is 72.4 cm³/mol. The minimum absolute atomic E-state index is 0.119. The minimum atomic E-state index is -4.57. The molecule has 3 aromatic rings. The molecule has 0 saturated carbocycles. The van der Waals surface area contributed by atoms with Gasteiger partial charge in [-0.2, -0.15) is 13.2 Å². The summed E-state index contributed by atoms with van der Waals surface area (Å²) in [6.45, 7) is 0. The molecule has 0 aliphatic carbocycles. The molecule has 0 amide bonds. The van der Waals surface area contributed by atoms with Crippen LogP contribution in [0.4, 0.5) is 13.2 Å². The standard InChI is InChI=1S/C15H8F3NO3/c16-15(17,18)8-4-5-11-9(7-8)13(20)12(14(21)22-11)10-3-1-2-6-19-10/h1-7,20H. The average molecular weight is 307 g/mol. The molecule has 112 valence electrons. The lowest BCUT2D eigenvalue weighted by Gasteiger charge is -2.09. The summed E-state index contributed by atoms with van der Waals surface area (Å²) in [6, 6.07) is 7.15. The summed E-state index contributed by atoms with van der Waals surface area (Å²) in [4.78, 5) is 15.9. The van der Waals surface area contributed by atoms with E-state index in [1.54, 1.807) is 12.1 Å². The van der Waals surface area contributed by atoms with Crippen molar-refractivity contribution in [1.29, 1.82) is 0 Å². The molecule has 0 saturated heterocycles. The fraction of sp³-hybridized carbons (Fsp3) is 0.0667. The second-order valence-electron chi connectivity index (χ2n) is 4.54. The molecule has 0 spiro atoms. The van der Waals surface area contributed by atoms with Crippen LogP contribution in [-0.2, 0) is 6.18 Å². The number of alkyl halides is 3. The summed E-state index contributed by atoms with van der Waals surface area (Å²) >= 11 is 0. The SMILES string of the molecule is O=c1oc2ccc(C(F)(F)F)cc2c(O)c1-c1ccccn1. The molecule has 0 radical (unpaired) electrons. The highest BCUT2D eigenvalue weighted by molar-refractivity contribution is 5.90. The molecule has 0 fully saturated rings. The van der Waals surface area contributed by atoms with E-state index < -0.39 is 23.1 Å². The van der Waals surface area contributed by atoms with Crippen LogP contribution >= 0.6 is 0 Å². The van der Waals surface area contributed by atoms with E-state index in [4.69, 9.17) is 4.42 Å². The van der Waals surface area contributed by atoms with Crippen LogP contribution < -0.4 is 5.63 Å². The van der Waals surface area contributed by atoms with Crippen LogP contribution in [0.1, 0.15) is 5.56 Å². The molecule has 4 nitrogen and oxygen atoms in total. The molecule has 0 unspecified atom stereocenters. The fourth-order valence-electron chi connectivity index (χ4n) is 2.10. The van der Waals surface area contributed by atoms with Crippen LogP contribution in [0.5, 0.6) is 5.75 Å². The van der Waals surface area contributed by atoms with E-state index in [0.717, 1.165) is 18.2 Å². The molecule has 22 heavy (non-hydrogen) atoms. The molecule has 3 rings (SSSR count). The van der Waals surface area contributed by atoms with Crippen molar-refractivity contribution in [1.82, 2.24) is 4.98 Å².